The molecule has 94 valence electrons. The number of nitrogens with one attached hydrogen (secondary N) is 1. The Labute approximate surface area is 111 Å². The van der Waals surface area contributed by atoms with Crippen molar-refractivity contribution in [3.05, 3.63) is 54.9 Å². The summed E-state index contributed by atoms with van der Waals surface area (Å²) in [5.41, 5.74) is 3.93. The maximum absolute atomic E-state index is 5.15. The summed E-state index contributed by atoms with van der Waals surface area (Å²) < 4.78 is 5.15. The Morgan fingerprint density at radius 2 is 1.89 bits per heavy atom. The monoisotopic (exact) mass is 251 g/mol. The number of methoxy groups -OCH3 is 1. The van der Waals surface area contributed by atoms with Crippen molar-refractivity contribution in [2.45, 2.75) is 0 Å². The molecule has 0 amide bonds. The summed E-state index contributed by atoms with van der Waals surface area (Å²) in [5, 5.41) is 7.35. The average molecular weight is 251 g/mol. The third kappa shape index (κ3) is 2.33. The molecule has 0 bridgehead atoms. The summed E-state index contributed by atoms with van der Waals surface area (Å²) in [6.07, 6.45) is 3.55. The van der Waals surface area contributed by atoms with E-state index in [-0.39, 0.29) is 0 Å². The second-order valence-corrected chi connectivity index (χ2v) is 4.14. The summed E-state index contributed by atoms with van der Waals surface area (Å²) in [6, 6.07) is 13.8. The normalized spacial score (nSPS) is 10.4. The number of pyridine rings is 1. The first-order valence-corrected chi connectivity index (χ1v) is 5.97. The van der Waals surface area contributed by atoms with Crippen molar-refractivity contribution in [1.29, 1.82) is 0 Å². The molecule has 1 N–H and O–H groups in total. The summed E-state index contributed by atoms with van der Waals surface area (Å²) in [6.45, 7) is 0. The molecule has 3 rings (SSSR count). The SMILES string of the molecule is COc1ccc(-c2cc(-c3cccnc3)n[nH]2)cc1. The van der Waals surface area contributed by atoms with Gasteiger partial charge in [0, 0.05) is 18.0 Å². The van der Waals surface area contributed by atoms with Gasteiger partial charge in [-0.2, -0.15) is 5.10 Å². The molecule has 0 saturated heterocycles. The van der Waals surface area contributed by atoms with E-state index < -0.39 is 0 Å². The molecule has 2 aromatic heterocycles. The van der Waals surface area contributed by atoms with Gasteiger partial charge < -0.3 is 4.74 Å². The molecule has 0 aliphatic heterocycles. The number of rotatable bonds is 3. The standard InChI is InChI=1S/C15H13N3O/c1-19-13-6-4-11(5-7-13)14-9-15(18-17-14)12-3-2-8-16-10-12/h2-10H,1H3,(H,17,18). The highest BCUT2D eigenvalue weighted by Gasteiger charge is 2.05. The molecule has 2 heterocycles. The van der Waals surface area contributed by atoms with Crippen molar-refractivity contribution in [3.8, 4) is 28.3 Å². The van der Waals surface area contributed by atoms with Gasteiger partial charge in [-0.25, -0.2) is 0 Å². The van der Waals surface area contributed by atoms with E-state index in [0.29, 0.717) is 0 Å². The number of benzene rings is 1. The second-order valence-electron chi connectivity index (χ2n) is 4.14. The number of hydrogen-bond donors (Lipinski definition) is 1. The Bertz CT molecular complexity index is 659. The molecule has 0 spiro atoms. The number of aromatic nitrogens is 3. The minimum atomic E-state index is 0.843. The van der Waals surface area contributed by atoms with E-state index in [4.69, 9.17) is 4.74 Å². The van der Waals surface area contributed by atoms with Gasteiger partial charge in [-0.1, -0.05) is 0 Å². The molecule has 0 saturated carbocycles. The van der Waals surface area contributed by atoms with Crippen molar-refractivity contribution >= 4 is 0 Å². The van der Waals surface area contributed by atoms with E-state index in [0.717, 1.165) is 28.3 Å². The third-order valence-electron chi connectivity index (χ3n) is 2.94. The van der Waals surface area contributed by atoms with Crippen LogP contribution in [0.5, 0.6) is 5.75 Å². The maximum Gasteiger partial charge on any atom is 0.118 e. The molecule has 4 nitrogen and oxygen atoms in total. The van der Waals surface area contributed by atoms with Crippen LogP contribution < -0.4 is 4.74 Å². The second kappa shape index (κ2) is 4.94. The van der Waals surface area contributed by atoms with E-state index in [2.05, 4.69) is 15.2 Å². The zero-order valence-electron chi connectivity index (χ0n) is 10.5. The van der Waals surface area contributed by atoms with Crippen LogP contribution in [0, 0.1) is 0 Å². The van der Waals surface area contributed by atoms with Crippen molar-refractivity contribution in [1.82, 2.24) is 15.2 Å². The fourth-order valence-electron chi connectivity index (χ4n) is 1.90. The number of H-pyrrole nitrogens is 1. The van der Waals surface area contributed by atoms with Crippen LogP contribution in [0.15, 0.2) is 54.9 Å². The van der Waals surface area contributed by atoms with Crippen LogP contribution in [-0.4, -0.2) is 22.3 Å². The molecule has 0 atom stereocenters. The van der Waals surface area contributed by atoms with Gasteiger partial charge >= 0.3 is 0 Å². The lowest BCUT2D eigenvalue weighted by atomic mass is 10.1. The zero-order chi connectivity index (χ0) is 13.1. The molecular weight excluding hydrogens is 238 g/mol. The molecule has 0 unspecified atom stereocenters. The van der Waals surface area contributed by atoms with Crippen LogP contribution in [0.4, 0.5) is 0 Å². The third-order valence-corrected chi connectivity index (χ3v) is 2.94. The predicted octanol–water partition coefficient (Wildman–Crippen LogP) is 3.15. The Morgan fingerprint density at radius 1 is 1.05 bits per heavy atom. The van der Waals surface area contributed by atoms with Crippen LogP contribution in [0.3, 0.4) is 0 Å². The lowest BCUT2D eigenvalue weighted by Gasteiger charge is -2.00. The maximum atomic E-state index is 5.15. The molecule has 19 heavy (non-hydrogen) atoms. The van der Waals surface area contributed by atoms with Crippen LogP contribution in [0.25, 0.3) is 22.5 Å². The number of hydrogen-bond acceptors (Lipinski definition) is 3. The molecule has 4 heteroatoms. The van der Waals surface area contributed by atoms with Gasteiger partial charge in [-0.05, 0) is 48.0 Å². The minimum Gasteiger partial charge on any atom is -0.497 e. The average Bonchev–Trinajstić information content (AvgIpc) is 2.98. The van der Waals surface area contributed by atoms with Crippen molar-refractivity contribution < 1.29 is 4.74 Å². The van der Waals surface area contributed by atoms with Gasteiger partial charge in [-0.15, -0.1) is 0 Å². The highest BCUT2D eigenvalue weighted by molar-refractivity contribution is 5.67. The summed E-state index contributed by atoms with van der Waals surface area (Å²) in [5.74, 6) is 0.843. The molecular formula is C15H13N3O. The topological polar surface area (TPSA) is 50.8 Å². The van der Waals surface area contributed by atoms with Crippen LogP contribution in [0.2, 0.25) is 0 Å². The molecule has 0 radical (unpaired) electrons. The number of ether oxygens (including phenoxy) is 1. The van der Waals surface area contributed by atoms with E-state index in [1.807, 2.05) is 42.5 Å². The predicted molar refractivity (Wildman–Crippen MR) is 73.8 cm³/mol. The largest absolute Gasteiger partial charge is 0.497 e. The first-order chi connectivity index (χ1) is 9.36. The lowest BCUT2D eigenvalue weighted by Crippen LogP contribution is -1.82. The van der Waals surface area contributed by atoms with Crippen molar-refractivity contribution in [2.24, 2.45) is 0 Å². The van der Waals surface area contributed by atoms with E-state index in [1.54, 1.807) is 19.5 Å². The van der Waals surface area contributed by atoms with Crippen LogP contribution in [0.1, 0.15) is 0 Å². The van der Waals surface area contributed by atoms with E-state index in [1.165, 1.54) is 0 Å². The summed E-state index contributed by atoms with van der Waals surface area (Å²) >= 11 is 0. The Hall–Kier alpha value is -2.62. The Kier molecular flexibility index (Phi) is 2.98. The Balaban J connectivity index is 1.92. The van der Waals surface area contributed by atoms with Crippen LogP contribution in [-0.2, 0) is 0 Å². The van der Waals surface area contributed by atoms with Gasteiger partial charge in [0.05, 0.1) is 18.5 Å². The van der Waals surface area contributed by atoms with Crippen LogP contribution >= 0.6 is 0 Å². The number of aromatic amines is 1. The van der Waals surface area contributed by atoms with Gasteiger partial charge in [-0.3, -0.25) is 10.1 Å². The quantitative estimate of drug-likeness (QED) is 0.778. The lowest BCUT2D eigenvalue weighted by molar-refractivity contribution is 0.415. The number of nitrogens with zero attached hydrogens (tertiary/aromatic N) is 2. The van der Waals surface area contributed by atoms with Gasteiger partial charge in [0.2, 0.25) is 0 Å². The zero-order valence-corrected chi connectivity index (χ0v) is 10.5. The molecule has 1 aromatic carbocycles. The smallest absolute Gasteiger partial charge is 0.118 e. The fraction of sp³-hybridized carbons (Fsp3) is 0.0667. The van der Waals surface area contributed by atoms with Gasteiger partial charge in [0.25, 0.3) is 0 Å². The molecule has 0 fully saturated rings. The molecule has 3 aromatic rings. The Morgan fingerprint density at radius 3 is 2.58 bits per heavy atom. The van der Waals surface area contributed by atoms with Gasteiger partial charge in [0.1, 0.15) is 5.75 Å². The minimum absolute atomic E-state index is 0.843. The van der Waals surface area contributed by atoms with Crippen molar-refractivity contribution in [2.75, 3.05) is 7.11 Å². The van der Waals surface area contributed by atoms with Crippen molar-refractivity contribution in [3.63, 3.8) is 0 Å². The molecule has 0 aliphatic rings. The highest BCUT2D eigenvalue weighted by atomic mass is 16.5. The highest BCUT2D eigenvalue weighted by Crippen LogP contribution is 2.24. The fourth-order valence-corrected chi connectivity index (χ4v) is 1.90. The summed E-state index contributed by atoms with van der Waals surface area (Å²) in [7, 11) is 1.66. The molecule has 0 aliphatic carbocycles. The van der Waals surface area contributed by atoms with E-state index in [9.17, 15) is 0 Å². The van der Waals surface area contributed by atoms with Gasteiger partial charge in [0.15, 0.2) is 0 Å². The summed E-state index contributed by atoms with van der Waals surface area (Å²) in [4.78, 5) is 4.10. The first-order valence-electron chi connectivity index (χ1n) is 5.97. The first kappa shape index (κ1) is 11.5. The van der Waals surface area contributed by atoms with E-state index >= 15 is 0 Å².